The number of thioether (sulfide) groups is 1. The van der Waals surface area contributed by atoms with Crippen molar-refractivity contribution in [3.8, 4) is 0 Å². The number of nitrogens with zero attached hydrogens (tertiary/aromatic N) is 3. The van der Waals surface area contributed by atoms with Gasteiger partial charge in [-0.15, -0.1) is 11.3 Å². The average Bonchev–Trinajstić information content (AvgIpc) is 2.98. The molecule has 0 spiro atoms. The van der Waals surface area contributed by atoms with E-state index in [2.05, 4.69) is 9.88 Å². The van der Waals surface area contributed by atoms with E-state index in [9.17, 15) is 18.0 Å². The number of thiazole rings is 1. The predicted octanol–water partition coefficient (Wildman–Crippen LogP) is 4.03. The van der Waals surface area contributed by atoms with Gasteiger partial charge in [-0.1, -0.05) is 12.1 Å². The summed E-state index contributed by atoms with van der Waals surface area (Å²) >= 11 is 1.47. The molecule has 9 heteroatoms. The highest BCUT2D eigenvalue weighted by atomic mass is 32.2. The number of aromatic nitrogens is 1. The Bertz CT molecular complexity index is 753. The number of benzene rings is 1. The van der Waals surface area contributed by atoms with Crippen LogP contribution in [-0.4, -0.2) is 52.4 Å². The molecule has 0 atom stereocenters. The van der Waals surface area contributed by atoms with Crippen LogP contribution in [0.2, 0.25) is 0 Å². The molecule has 4 nitrogen and oxygen atoms in total. The highest BCUT2D eigenvalue weighted by Crippen LogP contribution is 2.37. The maximum atomic E-state index is 12.6. The number of hydrogen-bond donors (Lipinski definition) is 0. The first-order valence-electron chi connectivity index (χ1n) is 8.62. The Labute approximate surface area is 164 Å². The Morgan fingerprint density at radius 1 is 1.22 bits per heavy atom. The van der Waals surface area contributed by atoms with Crippen LogP contribution in [0.1, 0.15) is 17.0 Å². The molecule has 2 heterocycles. The third-order valence-corrected chi connectivity index (χ3v) is 5.76. The van der Waals surface area contributed by atoms with Gasteiger partial charge in [0.1, 0.15) is 5.01 Å². The topological polar surface area (TPSA) is 36.4 Å². The summed E-state index contributed by atoms with van der Waals surface area (Å²) in [5.74, 6) is -0.0414. The average molecular weight is 416 g/mol. The molecule has 0 bridgehead atoms. The number of carbonyl (C=O) groups is 1. The van der Waals surface area contributed by atoms with Crippen LogP contribution in [0.25, 0.3) is 0 Å². The maximum absolute atomic E-state index is 12.6. The molecule has 1 fully saturated rings. The van der Waals surface area contributed by atoms with Gasteiger partial charge in [-0.2, -0.15) is 13.2 Å². The van der Waals surface area contributed by atoms with Crippen molar-refractivity contribution in [1.29, 1.82) is 0 Å². The lowest BCUT2D eigenvalue weighted by molar-refractivity contribution is -0.130. The third kappa shape index (κ3) is 6.51. The van der Waals surface area contributed by atoms with Crippen LogP contribution in [0.15, 0.2) is 40.7 Å². The van der Waals surface area contributed by atoms with Gasteiger partial charge in [0.05, 0.1) is 13.0 Å². The highest BCUT2D eigenvalue weighted by molar-refractivity contribution is 8.00. The molecule has 1 saturated heterocycles. The fraction of sp³-hybridized carbons (Fsp3) is 0.444. The largest absolute Gasteiger partial charge is 0.446 e. The van der Waals surface area contributed by atoms with Gasteiger partial charge in [0.2, 0.25) is 5.91 Å². The minimum absolute atomic E-state index is 0.0414. The SMILES string of the molecule is O=C(Cc1cccc(SC(F)(F)F)c1)N1CCCN(Cc2nccs2)CC1. The standard InChI is InChI=1S/C18H20F3N3OS2/c19-18(20,21)27-15-4-1-3-14(11-15)12-17(25)24-7-2-6-23(8-9-24)13-16-22-5-10-26-16/h1,3-5,10-11H,2,6-9,12-13H2. The minimum atomic E-state index is -4.33. The smallest absolute Gasteiger partial charge is 0.341 e. The predicted molar refractivity (Wildman–Crippen MR) is 101 cm³/mol. The Hall–Kier alpha value is -1.58. The van der Waals surface area contributed by atoms with E-state index in [1.807, 2.05) is 10.3 Å². The minimum Gasteiger partial charge on any atom is -0.341 e. The molecule has 0 aliphatic carbocycles. The van der Waals surface area contributed by atoms with Crippen LogP contribution in [0.5, 0.6) is 0 Å². The number of halogens is 3. The van der Waals surface area contributed by atoms with E-state index >= 15 is 0 Å². The number of alkyl halides is 3. The van der Waals surface area contributed by atoms with Crippen molar-refractivity contribution in [2.45, 2.75) is 29.8 Å². The Morgan fingerprint density at radius 3 is 2.81 bits per heavy atom. The van der Waals surface area contributed by atoms with Crippen molar-refractivity contribution in [2.24, 2.45) is 0 Å². The van der Waals surface area contributed by atoms with Gasteiger partial charge in [-0.25, -0.2) is 4.98 Å². The zero-order valence-corrected chi connectivity index (χ0v) is 16.2. The summed E-state index contributed by atoms with van der Waals surface area (Å²) in [4.78, 5) is 21.1. The van der Waals surface area contributed by atoms with Gasteiger partial charge < -0.3 is 4.90 Å². The summed E-state index contributed by atoms with van der Waals surface area (Å²) in [7, 11) is 0. The van der Waals surface area contributed by atoms with Crippen LogP contribution >= 0.6 is 23.1 Å². The zero-order chi connectivity index (χ0) is 19.3. The van der Waals surface area contributed by atoms with Crippen LogP contribution in [0.4, 0.5) is 13.2 Å². The number of carbonyl (C=O) groups excluding carboxylic acids is 1. The molecule has 1 aliphatic heterocycles. The van der Waals surface area contributed by atoms with Crippen LogP contribution in [0.3, 0.4) is 0 Å². The van der Waals surface area contributed by atoms with Gasteiger partial charge in [0, 0.05) is 42.7 Å². The van der Waals surface area contributed by atoms with Gasteiger partial charge in [-0.05, 0) is 35.9 Å². The van der Waals surface area contributed by atoms with Crippen molar-refractivity contribution in [1.82, 2.24) is 14.8 Å². The fourth-order valence-electron chi connectivity index (χ4n) is 3.04. The summed E-state index contributed by atoms with van der Waals surface area (Å²) in [6.07, 6.45) is 2.79. The van der Waals surface area contributed by atoms with Crippen molar-refractivity contribution < 1.29 is 18.0 Å². The quantitative estimate of drug-likeness (QED) is 0.691. The number of amides is 1. The first kappa shape index (κ1) is 20.2. The van der Waals surface area contributed by atoms with Gasteiger partial charge in [-0.3, -0.25) is 9.69 Å². The highest BCUT2D eigenvalue weighted by Gasteiger charge is 2.29. The molecular weight excluding hydrogens is 395 g/mol. The van der Waals surface area contributed by atoms with Gasteiger partial charge in [0.25, 0.3) is 0 Å². The molecule has 1 aromatic heterocycles. The monoisotopic (exact) mass is 415 g/mol. The second-order valence-electron chi connectivity index (χ2n) is 6.31. The lowest BCUT2D eigenvalue weighted by Crippen LogP contribution is -2.36. The molecular formula is C18H20F3N3OS2. The molecule has 1 aromatic carbocycles. The first-order valence-corrected chi connectivity index (χ1v) is 10.3. The molecule has 1 aliphatic rings. The first-order chi connectivity index (χ1) is 12.9. The summed E-state index contributed by atoms with van der Waals surface area (Å²) in [5, 5.41) is 3.02. The van der Waals surface area contributed by atoms with Crippen molar-refractivity contribution in [2.75, 3.05) is 26.2 Å². The normalized spacial score (nSPS) is 16.3. The van der Waals surface area contributed by atoms with E-state index in [4.69, 9.17) is 0 Å². The number of hydrogen-bond acceptors (Lipinski definition) is 5. The van der Waals surface area contributed by atoms with E-state index in [-0.39, 0.29) is 29.0 Å². The summed E-state index contributed by atoms with van der Waals surface area (Å²) in [6.45, 7) is 3.76. The van der Waals surface area contributed by atoms with Gasteiger partial charge in [0.15, 0.2) is 0 Å². The maximum Gasteiger partial charge on any atom is 0.446 e. The molecule has 1 amide bonds. The second-order valence-corrected chi connectivity index (χ2v) is 8.43. The lowest BCUT2D eigenvalue weighted by atomic mass is 10.1. The molecule has 0 N–H and O–H groups in total. The van der Waals surface area contributed by atoms with E-state index in [0.717, 1.165) is 31.1 Å². The molecule has 0 saturated carbocycles. The molecule has 2 aromatic rings. The Balaban J connectivity index is 1.54. The Kier molecular flexibility index (Phi) is 6.78. The molecule has 0 unspecified atom stereocenters. The summed E-state index contributed by atoms with van der Waals surface area (Å²) in [6, 6.07) is 6.12. The van der Waals surface area contributed by atoms with Crippen LogP contribution < -0.4 is 0 Å². The van der Waals surface area contributed by atoms with Crippen LogP contribution in [0, 0.1) is 0 Å². The van der Waals surface area contributed by atoms with Crippen molar-refractivity contribution in [3.63, 3.8) is 0 Å². The zero-order valence-electron chi connectivity index (χ0n) is 14.6. The summed E-state index contributed by atoms with van der Waals surface area (Å²) in [5.41, 5.74) is -3.72. The van der Waals surface area contributed by atoms with Crippen molar-refractivity contribution >= 4 is 29.0 Å². The Morgan fingerprint density at radius 2 is 2.07 bits per heavy atom. The molecule has 0 radical (unpaired) electrons. The van der Waals surface area contributed by atoms with E-state index in [0.29, 0.717) is 18.7 Å². The van der Waals surface area contributed by atoms with Crippen LogP contribution in [-0.2, 0) is 17.8 Å². The molecule has 27 heavy (non-hydrogen) atoms. The van der Waals surface area contributed by atoms with E-state index in [1.165, 1.54) is 12.1 Å². The third-order valence-electron chi connectivity index (χ3n) is 4.27. The number of rotatable bonds is 5. The van der Waals surface area contributed by atoms with E-state index in [1.54, 1.807) is 29.7 Å². The lowest BCUT2D eigenvalue weighted by Gasteiger charge is -2.21. The fourth-order valence-corrected chi connectivity index (χ4v) is 4.32. The van der Waals surface area contributed by atoms with E-state index < -0.39 is 5.51 Å². The molecule has 3 rings (SSSR count). The molecule has 146 valence electrons. The van der Waals surface area contributed by atoms with Gasteiger partial charge >= 0.3 is 5.51 Å². The second kappa shape index (κ2) is 9.07. The summed E-state index contributed by atoms with van der Waals surface area (Å²) < 4.78 is 37.6. The van der Waals surface area contributed by atoms with Crippen molar-refractivity contribution in [3.05, 3.63) is 46.4 Å².